The smallest absolute Gasteiger partial charge is 0.303 e. The third-order valence-corrected chi connectivity index (χ3v) is 3.29. The van der Waals surface area contributed by atoms with Gasteiger partial charge in [-0.15, -0.1) is 0 Å². The summed E-state index contributed by atoms with van der Waals surface area (Å²) in [4.78, 5) is 33.9. The van der Waals surface area contributed by atoms with Gasteiger partial charge in [0.1, 0.15) is 18.8 Å². The molecule has 1 heterocycles. The Labute approximate surface area is 140 Å². The molecule has 1 rings (SSSR count). The molecule has 1 aliphatic rings. The molecule has 0 aromatic rings. The van der Waals surface area contributed by atoms with Gasteiger partial charge in [0.25, 0.3) is 0 Å². The first kappa shape index (κ1) is 19.9. The topological polar surface area (TPSA) is 121 Å². The summed E-state index contributed by atoms with van der Waals surface area (Å²) in [5.74, 6) is -2.31. The van der Waals surface area contributed by atoms with Crippen LogP contribution in [-0.2, 0) is 38.1 Å². The predicted molar refractivity (Wildman–Crippen MR) is 80.1 cm³/mol. The van der Waals surface area contributed by atoms with Gasteiger partial charge in [0.05, 0.1) is 5.92 Å². The predicted octanol–water partition coefficient (Wildman–Crippen LogP) is 0.788. The van der Waals surface area contributed by atoms with Crippen molar-refractivity contribution in [2.75, 3.05) is 6.61 Å². The highest BCUT2D eigenvalue weighted by molar-refractivity contribution is 5.69. The standard InChI is InChI=1S/C15H23NO8/c1-7-13(22-10(4)18)14(23-11(5)19)12(6-20-9(3)17)24-15(7)21-8(2)16/h7,12-16H,6H2,1-5H3. The highest BCUT2D eigenvalue weighted by Gasteiger charge is 2.49. The van der Waals surface area contributed by atoms with Crippen LogP contribution in [0.1, 0.15) is 34.6 Å². The van der Waals surface area contributed by atoms with Gasteiger partial charge in [-0.1, -0.05) is 6.92 Å². The normalized spacial score (nSPS) is 29.3. The van der Waals surface area contributed by atoms with Gasteiger partial charge in [0.2, 0.25) is 6.29 Å². The van der Waals surface area contributed by atoms with Gasteiger partial charge in [-0.25, -0.2) is 0 Å². The van der Waals surface area contributed by atoms with Crippen molar-refractivity contribution in [1.29, 1.82) is 5.41 Å². The molecule has 24 heavy (non-hydrogen) atoms. The number of hydrogen-bond donors (Lipinski definition) is 1. The van der Waals surface area contributed by atoms with Crippen molar-refractivity contribution in [2.45, 2.75) is 59.2 Å². The summed E-state index contributed by atoms with van der Waals surface area (Å²) in [6.07, 6.45) is -3.65. The van der Waals surface area contributed by atoms with Crippen LogP contribution in [0.15, 0.2) is 0 Å². The summed E-state index contributed by atoms with van der Waals surface area (Å²) in [7, 11) is 0. The van der Waals surface area contributed by atoms with E-state index in [-0.39, 0.29) is 12.5 Å². The molecule has 0 radical (unpaired) electrons. The molecular formula is C15H23NO8. The first-order chi connectivity index (χ1) is 11.1. The van der Waals surface area contributed by atoms with Gasteiger partial charge in [-0.3, -0.25) is 19.8 Å². The summed E-state index contributed by atoms with van der Waals surface area (Å²) in [5, 5.41) is 7.45. The quantitative estimate of drug-likeness (QED) is 0.336. The van der Waals surface area contributed by atoms with Crippen molar-refractivity contribution in [1.82, 2.24) is 0 Å². The number of nitrogens with one attached hydrogen (secondary N) is 1. The highest BCUT2D eigenvalue weighted by Crippen LogP contribution is 2.31. The molecular weight excluding hydrogens is 322 g/mol. The second-order valence-corrected chi connectivity index (χ2v) is 5.53. The Bertz CT molecular complexity index is 490. The lowest BCUT2D eigenvalue weighted by atomic mass is 9.92. The molecule has 0 aromatic heterocycles. The number of ether oxygens (including phenoxy) is 5. The van der Waals surface area contributed by atoms with Gasteiger partial charge in [-0.2, -0.15) is 0 Å². The zero-order valence-electron chi connectivity index (χ0n) is 14.4. The third-order valence-electron chi connectivity index (χ3n) is 3.29. The van der Waals surface area contributed by atoms with E-state index in [1.165, 1.54) is 27.7 Å². The van der Waals surface area contributed by atoms with Crippen LogP contribution in [0.4, 0.5) is 0 Å². The average molecular weight is 345 g/mol. The molecule has 5 atom stereocenters. The fraction of sp³-hybridized carbons (Fsp3) is 0.733. The van der Waals surface area contributed by atoms with E-state index in [1.807, 2.05) is 0 Å². The summed E-state index contributed by atoms with van der Waals surface area (Å²) in [6, 6.07) is 0. The van der Waals surface area contributed by atoms with E-state index in [2.05, 4.69) is 0 Å². The van der Waals surface area contributed by atoms with Gasteiger partial charge in [-0.05, 0) is 0 Å². The van der Waals surface area contributed by atoms with E-state index in [9.17, 15) is 14.4 Å². The van der Waals surface area contributed by atoms with Crippen LogP contribution in [0.2, 0.25) is 0 Å². The summed E-state index contributed by atoms with van der Waals surface area (Å²) < 4.78 is 26.4. The first-order valence-electron chi connectivity index (χ1n) is 7.46. The lowest BCUT2D eigenvalue weighted by Crippen LogP contribution is -2.58. The van der Waals surface area contributed by atoms with Crippen LogP contribution < -0.4 is 0 Å². The molecule has 1 N–H and O–H groups in total. The molecule has 9 heteroatoms. The maximum absolute atomic E-state index is 11.4. The maximum atomic E-state index is 11.4. The number of esters is 3. The zero-order valence-corrected chi connectivity index (χ0v) is 14.4. The summed E-state index contributed by atoms with van der Waals surface area (Å²) >= 11 is 0. The SMILES string of the molecule is CC(=N)OC1OC(COC(C)=O)C(OC(C)=O)C(OC(C)=O)C1C. The third kappa shape index (κ3) is 5.80. The van der Waals surface area contributed by atoms with Crippen molar-refractivity contribution in [2.24, 2.45) is 5.92 Å². The average Bonchev–Trinajstić information content (AvgIpc) is 2.42. The minimum Gasteiger partial charge on any atom is -0.463 e. The van der Waals surface area contributed by atoms with Crippen LogP contribution >= 0.6 is 0 Å². The molecule has 1 aliphatic heterocycles. The summed E-state index contributed by atoms with van der Waals surface area (Å²) in [6.45, 7) is 6.56. The molecule has 0 spiro atoms. The number of carbonyl (C=O) groups excluding carboxylic acids is 3. The monoisotopic (exact) mass is 345 g/mol. The van der Waals surface area contributed by atoms with Crippen LogP contribution in [0.5, 0.6) is 0 Å². The van der Waals surface area contributed by atoms with E-state index < -0.39 is 48.4 Å². The Morgan fingerprint density at radius 3 is 1.92 bits per heavy atom. The molecule has 0 aliphatic carbocycles. The molecule has 1 fully saturated rings. The largest absolute Gasteiger partial charge is 0.463 e. The van der Waals surface area contributed by atoms with E-state index in [0.717, 1.165) is 0 Å². The Hall–Kier alpha value is -2.16. The lowest BCUT2D eigenvalue weighted by Gasteiger charge is -2.43. The van der Waals surface area contributed by atoms with Crippen LogP contribution in [0, 0.1) is 11.3 Å². The zero-order chi connectivity index (χ0) is 18.4. The molecule has 136 valence electrons. The molecule has 1 saturated heterocycles. The molecule has 0 saturated carbocycles. The molecule has 0 aromatic carbocycles. The van der Waals surface area contributed by atoms with Crippen molar-refractivity contribution in [3.63, 3.8) is 0 Å². The van der Waals surface area contributed by atoms with E-state index in [0.29, 0.717) is 0 Å². The maximum Gasteiger partial charge on any atom is 0.303 e. The van der Waals surface area contributed by atoms with Gasteiger partial charge < -0.3 is 23.7 Å². The van der Waals surface area contributed by atoms with Crippen molar-refractivity contribution in [3.05, 3.63) is 0 Å². The Morgan fingerprint density at radius 1 is 0.917 bits per heavy atom. The van der Waals surface area contributed by atoms with Crippen molar-refractivity contribution < 1.29 is 38.1 Å². The van der Waals surface area contributed by atoms with Gasteiger partial charge in [0.15, 0.2) is 12.0 Å². The Kier molecular flexibility index (Phi) is 7.15. The van der Waals surface area contributed by atoms with E-state index in [4.69, 9.17) is 29.1 Å². The minimum atomic E-state index is -0.966. The number of carbonyl (C=O) groups is 3. The van der Waals surface area contributed by atoms with Crippen molar-refractivity contribution in [3.8, 4) is 0 Å². The van der Waals surface area contributed by atoms with Crippen LogP contribution in [0.25, 0.3) is 0 Å². The fourth-order valence-corrected chi connectivity index (χ4v) is 2.38. The molecule has 5 unspecified atom stereocenters. The lowest BCUT2D eigenvalue weighted by molar-refractivity contribution is -0.271. The molecule has 9 nitrogen and oxygen atoms in total. The highest BCUT2D eigenvalue weighted by atomic mass is 16.7. The minimum absolute atomic E-state index is 0.0920. The second-order valence-electron chi connectivity index (χ2n) is 5.53. The van der Waals surface area contributed by atoms with E-state index in [1.54, 1.807) is 6.92 Å². The molecule has 0 amide bonds. The first-order valence-corrected chi connectivity index (χ1v) is 7.46. The van der Waals surface area contributed by atoms with Gasteiger partial charge >= 0.3 is 17.9 Å². The van der Waals surface area contributed by atoms with Gasteiger partial charge in [0, 0.05) is 27.7 Å². The second kappa shape index (κ2) is 8.62. The fourth-order valence-electron chi connectivity index (χ4n) is 2.38. The van der Waals surface area contributed by atoms with E-state index >= 15 is 0 Å². The number of rotatable bonds is 5. The molecule has 0 bridgehead atoms. The van der Waals surface area contributed by atoms with Crippen LogP contribution in [-0.4, -0.2) is 55.0 Å². The summed E-state index contributed by atoms with van der Waals surface area (Å²) in [5.41, 5.74) is 0. The Morgan fingerprint density at radius 2 is 1.46 bits per heavy atom. The van der Waals surface area contributed by atoms with Crippen molar-refractivity contribution >= 4 is 23.8 Å². The van der Waals surface area contributed by atoms with Crippen LogP contribution in [0.3, 0.4) is 0 Å². The Balaban J connectivity index is 3.08. The number of hydrogen-bond acceptors (Lipinski definition) is 9.